The van der Waals surface area contributed by atoms with Crippen LogP contribution in [0.2, 0.25) is 0 Å². The molecule has 1 heterocycles. The number of carbonyl (C=O) groups excluding carboxylic acids is 2. The van der Waals surface area contributed by atoms with Crippen molar-refractivity contribution in [3.05, 3.63) is 53.6 Å². The number of anilines is 1. The number of benzene rings is 2. The molecule has 0 radical (unpaired) electrons. The predicted octanol–water partition coefficient (Wildman–Crippen LogP) is 2.95. The largest absolute Gasteiger partial charge is 0.486 e. The maximum Gasteiger partial charge on any atom is 0.339 e. The van der Waals surface area contributed by atoms with Crippen LogP contribution in [0, 0.1) is 6.92 Å². The Morgan fingerprint density at radius 1 is 1.04 bits per heavy atom. The number of hydrogen-bond acceptors (Lipinski definition) is 5. The van der Waals surface area contributed by atoms with Crippen molar-refractivity contribution >= 4 is 17.6 Å². The smallest absolute Gasteiger partial charge is 0.339 e. The van der Waals surface area contributed by atoms with E-state index in [4.69, 9.17) is 14.2 Å². The molecule has 2 aromatic rings. The predicted molar refractivity (Wildman–Crippen MR) is 92.1 cm³/mol. The highest BCUT2D eigenvalue weighted by Gasteiger charge is 2.21. The molecule has 0 saturated heterocycles. The van der Waals surface area contributed by atoms with E-state index in [0.29, 0.717) is 36.0 Å². The lowest BCUT2D eigenvalue weighted by Gasteiger charge is -2.19. The summed E-state index contributed by atoms with van der Waals surface area (Å²) in [5.41, 5.74) is 2.05. The SMILES string of the molecule is Cc1ccc(NC(=O)[C@H](C)OC(=O)c2ccc3c(c2)OCCO3)cc1. The molecule has 0 aliphatic carbocycles. The summed E-state index contributed by atoms with van der Waals surface area (Å²) in [6, 6.07) is 12.2. The quantitative estimate of drug-likeness (QED) is 0.866. The monoisotopic (exact) mass is 341 g/mol. The number of amides is 1. The van der Waals surface area contributed by atoms with Gasteiger partial charge in [0, 0.05) is 5.69 Å². The summed E-state index contributed by atoms with van der Waals surface area (Å²) >= 11 is 0. The van der Waals surface area contributed by atoms with Crippen LogP contribution in [0.25, 0.3) is 0 Å². The van der Waals surface area contributed by atoms with Crippen molar-refractivity contribution in [3.8, 4) is 11.5 Å². The Balaban J connectivity index is 1.61. The van der Waals surface area contributed by atoms with Crippen LogP contribution >= 0.6 is 0 Å². The number of aryl methyl sites for hydroxylation is 1. The number of hydrogen-bond donors (Lipinski definition) is 1. The summed E-state index contributed by atoms with van der Waals surface area (Å²) in [5, 5.41) is 2.71. The van der Waals surface area contributed by atoms with E-state index >= 15 is 0 Å². The second kappa shape index (κ2) is 7.25. The molecule has 2 aromatic carbocycles. The van der Waals surface area contributed by atoms with Gasteiger partial charge in [0.05, 0.1) is 5.56 Å². The fourth-order valence-corrected chi connectivity index (χ4v) is 2.33. The Kier molecular flexibility index (Phi) is 4.88. The Morgan fingerprint density at radius 2 is 1.72 bits per heavy atom. The van der Waals surface area contributed by atoms with Crippen LogP contribution in [0.3, 0.4) is 0 Å². The third kappa shape index (κ3) is 4.09. The van der Waals surface area contributed by atoms with Crippen molar-refractivity contribution in [2.45, 2.75) is 20.0 Å². The van der Waals surface area contributed by atoms with Crippen LogP contribution in [-0.2, 0) is 9.53 Å². The highest BCUT2D eigenvalue weighted by Crippen LogP contribution is 2.31. The zero-order valence-corrected chi connectivity index (χ0v) is 14.1. The van der Waals surface area contributed by atoms with Crippen LogP contribution < -0.4 is 14.8 Å². The van der Waals surface area contributed by atoms with Gasteiger partial charge in [0.1, 0.15) is 13.2 Å². The van der Waals surface area contributed by atoms with E-state index in [0.717, 1.165) is 5.56 Å². The molecule has 0 unspecified atom stereocenters. The second-order valence-electron chi connectivity index (χ2n) is 5.76. The number of rotatable bonds is 4. The average molecular weight is 341 g/mol. The number of esters is 1. The molecular formula is C19H19NO5. The summed E-state index contributed by atoms with van der Waals surface area (Å²) in [7, 11) is 0. The molecule has 1 aliphatic heterocycles. The highest BCUT2D eigenvalue weighted by atomic mass is 16.6. The van der Waals surface area contributed by atoms with Crippen molar-refractivity contribution in [2.75, 3.05) is 18.5 Å². The molecule has 1 N–H and O–H groups in total. The lowest BCUT2D eigenvalue weighted by atomic mass is 10.2. The second-order valence-corrected chi connectivity index (χ2v) is 5.76. The lowest BCUT2D eigenvalue weighted by molar-refractivity contribution is -0.123. The fourth-order valence-electron chi connectivity index (χ4n) is 2.33. The number of ether oxygens (including phenoxy) is 3. The van der Waals surface area contributed by atoms with E-state index < -0.39 is 18.0 Å². The minimum Gasteiger partial charge on any atom is -0.486 e. The van der Waals surface area contributed by atoms with Gasteiger partial charge >= 0.3 is 5.97 Å². The van der Waals surface area contributed by atoms with Gasteiger partial charge in [-0.05, 0) is 44.2 Å². The van der Waals surface area contributed by atoms with E-state index in [1.54, 1.807) is 30.3 Å². The Labute approximate surface area is 145 Å². The summed E-state index contributed by atoms with van der Waals surface area (Å²) < 4.78 is 16.1. The van der Waals surface area contributed by atoms with E-state index in [9.17, 15) is 9.59 Å². The molecule has 25 heavy (non-hydrogen) atoms. The lowest BCUT2D eigenvalue weighted by Crippen LogP contribution is -2.30. The zero-order valence-electron chi connectivity index (χ0n) is 14.1. The van der Waals surface area contributed by atoms with Crippen LogP contribution in [0.5, 0.6) is 11.5 Å². The summed E-state index contributed by atoms with van der Waals surface area (Å²) in [6.45, 7) is 4.40. The Morgan fingerprint density at radius 3 is 2.44 bits per heavy atom. The highest BCUT2D eigenvalue weighted by molar-refractivity contribution is 5.97. The molecule has 3 rings (SSSR count). The van der Waals surface area contributed by atoms with Gasteiger partial charge in [-0.1, -0.05) is 17.7 Å². The number of nitrogens with one attached hydrogen (secondary N) is 1. The van der Waals surface area contributed by atoms with Crippen LogP contribution in [0.1, 0.15) is 22.8 Å². The van der Waals surface area contributed by atoms with E-state index in [1.165, 1.54) is 6.92 Å². The molecule has 6 heteroatoms. The van der Waals surface area contributed by atoms with Crippen molar-refractivity contribution < 1.29 is 23.8 Å². The molecular weight excluding hydrogens is 322 g/mol. The van der Waals surface area contributed by atoms with Crippen molar-refractivity contribution in [1.82, 2.24) is 0 Å². The minimum atomic E-state index is -0.929. The van der Waals surface area contributed by atoms with Gasteiger partial charge < -0.3 is 19.5 Å². The topological polar surface area (TPSA) is 73.9 Å². The molecule has 1 aliphatic rings. The molecule has 1 amide bonds. The number of carbonyl (C=O) groups is 2. The number of fused-ring (bicyclic) bond motifs is 1. The van der Waals surface area contributed by atoms with Gasteiger partial charge in [-0.2, -0.15) is 0 Å². The summed E-state index contributed by atoms with van der Waals surface area (Å²) in [4.78, 5) is 24.4. The third-order valence-corrected chi connectivity index (χ3v) is 3.75. The van der Waals surface area contributed by atoms with Crippen molar-refractivity contribution in [3.63, 3.8) is 0 Å². The van der Waals surface area contributed by atoms with Crippen LogP contribution in [0.4, 0.5) is 5.69 Å². The van der Waals surface area contributed by atoms with Crippen molar-refractivity contribution in [1.29, 1.82) is 0 Å². The molecule has 0 spiro atoms. The van der Waals surface area contributed by atoms with Crippen molar-refractivity contribution in [2.24, 2.45) is 0 Å². The van der Waals surface area contributed by atoms with Gasteiger partial charge in [0.25, 0.3) is 5.91 Å². The van der Waals surface area contributed by atoms with E-state index in [2.05, 4.69) is 5.32 Å². The first-order chi connectivity index (χ1) is 12.0. The standard InChI is InChI=1S/C19H19NO5/c1-12-3-6-15(7-4-12)20-18(21)13(2)25-19(22)14-5-8-16-17(11-14)24-10-9-23-16/h3-8,11,13H,9-10H2,1-2H3,(H,20,21)/t13-/m0/s1. The first-order valence-electron chi connectivity index (χ1n) is 8.01. The van der Waals surface area contributed by atoms with Crippen LogP contribution in [0.15, 0.2) is 42.5 Å². The van der Waals surface area contributed by atoms with Gasteiger partial charge in [-0.3, -0.25) is 4.79 Å². The normalized spacial score (nSPS) is 13.7. The van der Waals surface area contributed by atoms with Gasteiger partial charge in [-0.15, -0.1) is 0 Å². The summed E-state index contributed by atoms with van der Waals surface area (Å²) in [5.74, 6) is 0.101. The van der Waals surface area contributed by atoms with Gasteiger partial charge in [0.15, 0.2) is 17.6 Å². The maximum atomic E-state index is 12.2. The third-order valence-electron chi connectivity index (χ3n) is 3.75. The molecule has 0 aromatic heterocycles. The van der Waals surface area contributed by atoms with Gasteiger partial charge in [-0.25, -0.2) is 4.79 Å². The first kappa shape index (κ1) is 16.8. The molecule has 1 atom stereocenters. The maximum absolute atomic E-state index is 12.2. The zero-order chi connectivity index (χ0) is 17.8. The minimum absolute atomic E-state index is 0.305. The Hall–Kier alpha value is -3.02. The fraction of sp³-hybridized carbons (Fsp3) is 0.263. The molecule has 0 fully saturated rings. The molecule has 130 valence electrons. The van der Waals surface area contributed by atoms with Crippen LogP contribution in [-0.4, -0.2) is 31.2 Å². The molecule has 6 nitrogen and oxygen atoms in total. The van der Waals surface area contributed by atoms with E-state index in [1.807, 2.05) is 19.1 Å². The van der Waals surface area contributed by atoms with Gasteiger partial charge in [0.2, 0.25) is 0 Å². The summed E-state index contributed by atoms with van der Waals surface area (Å²) in [6.07, 6.45) is -0.929. The molecule has 0 bridgehead atoms. The Bertz CT molecular complexity index is 785. The molecule has 0 saturated carbocycles. The average Bonchev–Trinajstić information content (AvgIpc) is 2.63. The van der Waals surface area contributed by atoms with E-state index in [-0.39, 0.29) is 0 Å². The first-order valence-corrected chi connectivity index (χ1v) is 8.01.